The van der Waals surface area contributed by atoms with Crippen molar-refractivity contribution < 1.29 is 19.4 Å². The molecule has 1 aliphatic rings. The molecule has 41 heavy (non-hydrogen) atoms. The number of esters is 1. The molecule has 0 aromatic heterocycles. The molecule has 1 rings (SSSR count). The van der Waals surface area contributed by atoms with E-state index >= 15 is 0 Å². The second kappa shape index (κ2) is 27.9. The lowest BCUT2D eigenvalue weighted by Gasteiger charge is -2.24. The van der Waals surface area contributed by atoms with Gasteiger partial charge in [0.15, 0.2) is 0 Å². The highest BCUT2D eigenvalue weighted by molar-refractivity contribution is 5.69. The first-order valence-corrected chi connectivity index (χ1v) is 18.3. The number of aliphatic hydroxyl groups is 1. The second-order valence-electron chi connectivity index (χ2n) is 12.9. The number of hydrogen-bond donors (Lipinski definition) is 1. The Hall–Kier alpha value is -0.870. The Morgan fingerprint density at radius 1 is 0.756 bits per heavy atom. The largest absolute Gasteiger partial charge is 0.460 e. The standard InChI is InChI=1S/C37H70O4/c1-4-7-10-12-14-15-16-17-18-19-20-21-23-25-28-31-37(39)41-35(30-27-24-22-13-11-8-5-2)36-32-33(38)34(40-36)29-26-9-6-3/h5,33-36,38H,2,4,6-32H2,1,3H3. The topological polar surface area (TPSA) is 55.8 Å². The zero-order chi connectivity index (χ0) is 29.8. The predicted molar refractivity (Wildman–Crippen MR) is 175 cm³/mol. The van der Waals surface area contributed by atoms with Gasteiger partial charge < -0.3 is 14.6 Å². The lowest BCUT2D eigenvalue weighted by Crippen LogP contribution is -2.32. The number of carbonyl (C=O) groups excluding carboxylic acids is 1. The monoisotopic (exact) mass is 579 g/mol. The Balaban J connectivity index is 2.22. The van der Waals surface area contributed by atoms with Crippen molar-refractivity contribution in [3.63, 3.8) is 0 Å². The third kappa shape index (κ3) is 21.5. The van der Waals surface area contributed by atoms with E-state index in [4.69, 9.17) is 9.47 Å². The molecule has 1 N–H and O–H groups in total. The second-order valence-corrected chi connectivity index (χ2v) is 12.9. The van der Waals surface area contributed by atoms with Gasteiger partial charge in [-0.3, -0.25) is 4.79 Å². The molecule has 1 saturated heterocycles. The number of rotatable bonds is 30. The van der Waals surface area contributed by atoms with Gasteiger partial charge in [-0.15, -0.1) is 6.58 Å². The number of aliphatic hydroxyl groups excluding tert-OH is 1. The van der Waals surface area contributed by atoms with Gasteiger partial charge in [0.1, 0.15) is 6.10 Å². The fourth-order valence-corrected chi connectivity index (χ4v) is 6.21. The van der Waals surface area contributed by atoms with E-state index in [1.807, 2.05) is 6.08 Å². The first-order valence-electron chi connectivity index (χ1n) is 18.3. The Kier molecular flexibility index (Phi) is 26.0. The number of hydrogen-bond acceptors (Lipinski definition) is 4. The van der Waals surface area contributed by atoms with Crippen molar-refractivity contribution in [2.75, 3.05) is 0 Å². The maximum absolute atomic E-state index is 12.8. The summed E-state index contributed by atoms with van der Waals surface area (Å²) in [6.07, 6.45) is 34.1. The summed E-state index contributed by atoms with van der Waals surface area (Å²) in [5.41, 5.74) is 0. The van der Waals surface area contributed by atoms with Gasteiger partial charge in [-0.25, -0.2) is 0 Å². The Labute approximate surface area is 255 Å². The van der Waals surface area contributed by atoms with E-state index in [2.05, 4.69) is 20.4 Å². The van der Waals surface area contributed by atoms with E-state index in [0.717, 1.165) is 51.4 Å². The van der Waals surface area contributed by atoms with E-state index < -0.39 is 6.10 Å². The lowest BCUT2D eigenvalue weighted by molar-refractivity contribution is -0.158. The fraction of sp³-hybridized carbons (Fsp3) is 0.919. The lowest BCUT2D eigenvalue weighted by atomic mass is 10.00. The minimum atomic E-state index is -0.437. The van der Waals surface area contributed by atoms with Crippen LogP contribution in [0.1, 0.15) is 194 Å². The Morgan fingerprint density at radius 2 is 1.24 bits per heavy atom. The fourth-order valence-electron chi connectivity index (χ4n) is 6.21. The molecule has 0 aromatic rings. The average Bonchev–Trinajstić information content (AvgIpc) is 3.34. The zero-order valence-electron chi connectivity index (χ0n) is 27.6. The molecule has 0 spiro atoms. The highest BCUT2D eigenvalue weighted by atomic mass is 16.6. The normalized spacial score (nSPS) is 19.4. The molecule has 4 atom stereocenters. The van der Waals surface area contributed by atoms with Crippen LogP contribution in [0.15, 0.2) is 12.7 Å². The van der Waals surface area contributed by atoms with Crippen molar-refractivity contribution in [3.05, 3.63) is 12.7 Å². The molecule has 1 fully saturated rings. The van der Waals surface area contributed by atoms with Crippen LogP contribution >= 0.6 is 0 Å². The summed E-state index contributed by atoms with van der Waals surface area (Å²) in [4.78, 5) is 12.8. The van der Waals surface area contributed by atoms with E-state index in [-0.39, 0.29) is 24.3 Å². The van der Waals surface area contributed by atoms with Gasteiger partial charge in [0.05, 0.1) is 18.3 Å². The predicted octanol–water partition coefficient (Wildman–Crippen LogP) is 11.2. The molecular weight excluding hydrogens is 508 g/mol. The van der Waals surface area contributed by atoms with E-state index in [1.165, 1.54) is 116 Å². The molecule has 1 heterocycles. The summed E-state index contributed by atoms with van der Waals surface area (Å²) < 4.78 is 12.3. The van der Waals surface area contributed by atoms with Crippen molar-refractivity contribution in [2.24, 2.45) is 0 Å². The molecule has 4 heteroatoms. The number of allylic oxidation sites excluding steroid dienone is 1. The molecule has 0 saturated carbocycles. The maximum atomic E-state index is 12.8. The van der Waals surface area contributed by atoms with Crippen LogP contribution in [0.4, 0.5) is 0 Å². The first kappa shape index (κ1) is 38.2. The SMILES string of the molecule is C=CCCCCCCCC(OC(=O)CCCCCCCCCCCCCCCCC)C1CC(O)C(CCCCC)O1. The molecular formula is C37H70O4. The molecule has 0 bridgehead atoms. The highest BCUT2D eigenvalue weighted by Crippen LogP contribution is 2.30. The summed E-state index contributed by atoms with van der Waals surface area (Å²) in [5.74, 6) is -0.0804. The van der Waals surface area contributed by atoms with Gasteiger partial charge in [0.25, 0.3) is 0 Å². The molecule has 4 nitrogen and oxygen atoms in total. The third-order valence-electron chi connectivity index (χ3n) is 8.92. The van der Waals surface area contributed by atoms with E-state index in [9.17, 15) is 9.90 Å². The molecule has 4 unspecified atom stereocenters. The smallest absolute Gasteiger partial charge is 0.306 e. The van der Waals surface area contributed by atoms with Crippen LogP contribution in [-0.2, 0) is 14.3 Å². The molecule has 242 valence electrons. The molecule has 0 amide bonds. The first-order chi connectivity index (χ1) is 20.1. The van der Waals surface area contributed by atoms with E-state index in [1.54, 1.807) is 0 Å². The van der Waals surface area contributed by atoms with Gasteiger partial charge in [-0.05, 0) is 38.5 Å². The minimum Gasteiger partial charge on any atom is -0.460 e. The molecule has 0 radical (unpaired) electrons. The molecule has 0 aliphatic carbocycles. The quantitative estimate of drug-likeness (QED) is 0.0523. The van der Waals surface area contributed by atoms with Crippen LogP contribution in [0.25, 0.3) is 0 Å². The average molecular weight is 579 g/mol. The van der Waals surface area contributed by atoms with Gasteiger partial charge in [0.2, 0.25) is 0 Å². The summed E-state index contributed by atoms with van der Waals surface area (Å²) in [6.45, 7) is 8.28. The van der Waals surface area contributed by atoms with Crippen LogP contribution in [-0.4, -0.2) is 35.5 Å². The number of ether oxygens (including phenoxy) is 2. The van der Waals surface area contributed by atoms with Gasteiger partial charge in [-0.1, -0.05) is 148 Å². The number of unbranched alkanes of at least 4 members (excludes halogenated alkanes) is 21. The molecule has 1 aliphatic heterocycles. The van der Waals surface area contributed by atoms with Gasteiger partial charge in [-0.2, -0.15) is 0 Å². The van der Waals surface area contributed by atoms with Crippen LogP contribution in [0.2, 0.25) is 0 Å². The van der Waals surface area contributed by atoms with Gasteiger partial charge in [0, 0.05) is 12.8 Å². The van der Waals surface area contributed by atoms with Gasteiger partial charge >= 0.3 is 5.97 Å². The van der Waals surface area contributed by atoms with Crippen molar-refractivity contribution >= 4 is 5.97 Å². The third-order valence-corrected chi connectivity index (χ3v) is 8.92. The highest BCUT2D eigenvalue weighted by Gasteiger charge is 2.39. The summed E-state index contributed by atoms with van der Waals surface area (Å²) in [7, 11) is 0. The minimum absolute atomic E-state index is 0.0804. The summed E-state index contributed by atoms with van der Waals surface area (Å²) in [5, 5.41) is 10.6. The van der Waals surface area contributed by atoms with Crippen LogP contribution < -0.4 is 0 Å². The molecule has 0 aromatic carbocycles. The summed E-state index contributed by atoms with van der Waals surface area (Å²) >= 11 is 0. The van der Waals surface area contributed by atoms with Crippen molar-refractivity contribution in [2.45, 2.75) is 218 Å². The maximum Gasteiger partial charge on any atom is 0.306 e. The van der Waals surface area contributed by atoms with E-state index in [0.29, 0.717) is 12.8 Å². The number of carbonyl (C=O) groups is 1. The van der Waals surface area contributed by atoms with Crippen molar-refractivity contribution in [1.82, 2.24) is 0 Å². The van der Waals surface area contributed by atoms with Crippen molar-refractivity contribution in [1.29, 1.82) is 0 Å². The Bertz CT molecular complexity index is 591. The van der Waals surface area contributed by atoms with Crippen LogP contribution in [0.3, 0.4) is 0 Å². The summed E-state index contributed by atoms with van der Waals surface area (Å²) in [6, 6.07) is 0. The van der Waals surface area contributed by atoms with Crippen LogP contribution in [0, 0.1) is 0 Å². The zero-order valence-corrected chi connectivity index (χ0v) is 27.6. The Morgan fingerprint density at radius 3 is 1.80 bits per heavy atom. The van der Waals surface area contributed by atoms with Crippen molar-refractivity contribution in [3.8, 4) is 0 Å². The van der Waals surface area contributed by atoms with Crippen LogP contribution in [0.5, 0.6) is 0 Å².